The molecule has 0 aliphatic rings. The lowest BCUT2D eigenvalue weighted by Crippen LogP contribution is -2.14. The fourth-order valence-electron chi connectivity index (χ4n) is 1.55. The van der Waals surface area contributed by atoms with E-state index in [1.165, 1.54) is 12.1 Å². The van der Waals surface area contributed by atoms with E-state index in [1.807, 2.05) is 0 Å². The summed E-state index contributed by atoms with van der Waals surface area (Å²) in [6.45, 7) is 4.51. The highest BCUT2D eigenvalue weighted by Gasteiger charge is 2.16. The van der Waals surface area contributed by atoms with Crippen LogP contribution in [-0.2, 0) is 4.74 Å². The predicted octanol–water partition coefficient (Wildman–Crippen LogP) is 4.17. The molecular weight excluding hydrogens is 273 g/mol. The van der Waals surface area contributed by atoms with E-state index in [2.05, 4.69) is 13.8 Å². The minimum Gasteiger partial charge on any atom is -0.462 e. The first-order chi connectivity index (χ1) is 8.49. The molecule has 100 valence electrons. The van der Waals surface area contributed by atoms with Crippen LogP contribution < -0.4 is 5.73 Å². The van der Waals surface area contributed by atoms with Crippen LogP contribution in [0.3, 0.4) is 0 Å². The standard InChI is InChI=1S/C13H17Cl2NO2/c1-3-8(4-2)7-18-13(17)10-5-9(14)6-11(15)12(10)16/h5-6,8H,3-4,7,16H2,1-2H3. The minimum atomic E-state index is -0.483. The molecule has 1 aromatic rings. The maximum atomic E-state index is 11.9. The molecule has 0 aliphatic heterocycles. The molecule has 1 rings (SSSR count). The molecule has 0 unspecified atom stereocenters. The largest absolute Gasteiger partial charge is 0.462 e. The number of nitrogen functional groups attached to an aromatic ring is 1. The van der Waals surface area contributed by atoms with Crippen LogP contribution in [0.2, 0.25) is 10.0 Å². The van der Waals surface area contributed by atoms with Crippen molar-refractivity contribution in [3.8, 4) is 0 Å². The molecule has 0 aliphatic carbocycles. The number of rotatable bonds is 5. The molecule has 3 nitrogen and oxygen atoms in total. The Morgan fingerprint density at radius 2 is 1.94 bits per heavy atom. The lowest BCUT2D eigenvalue weighted by atomic mass is 10.1. The van der Waals surface area contributed by atoms with Crippen molar-refractivity contribution in [2.45, 2.75) is 26.7 Å². The summed E-state index contributed by atoms with van der Waals surface area (Å²) in [5, 5.41) is 0.626. The number of benzene rings is 1. The van der Waals surface area contributed by atoms with E-state index in [9.17, 15) is 4.79 Å². The van der Waals surface area contributed by atoms with Gasteiger partial charge in [-0.3, -0.25) is 0 Å². The van der Waals surface area contributed by atoms with E-state index in [4.69, 9.17) is 33.7 Å². The lowest BCUT2D eigenvalue weighted by Gasteiger charge is -2.13. The van der Waals surface area contributed by atoms with Crippen LogP contribution in [0, 0.1) is 5.92 Å². The second kappa shape index (κ2) is 6.86. The summed E-state index contributed by atoms with van der Waals surface area (Å²) in [5.74, 6) is -0.117. The maximum Gasteiger partial charge on any atom is 0.340 e. The average Bonchev–Trinajstić information content (AvgIpc) is 2.34. The highest BCUT2D eigenvalue weighted by atomic mass is 35.5. The molecule has 18 heavy (non-hydrogen) atoms. The first-order valence-corrected chi connectivity index (χ1v) is 6.66. The lowest BCUT2D eigenvalue weighted by molar-refractivity contribution is 0.0434. The molecule has 0 atom stereocenters. The van der Waals surface area contributed by atoms with Gasteiger partial charge >= 0.3 is 5.97 Å². The van der Waals surface area contributed by atoms with Gasteiger partial charge in [-0.25, -0.2) is 4.79 Å². The fraction of sp³-hybridized carbons (Fsp3) is 0.462. The van der Waals surface area contributed by atoms with Crippen LogP contribution in [-0.4, -0.2) is 12.6 Å². The second-order valence-electron chi connectivity index (χ2n) is 4.13. The Bertz CT molecular complexity index is 431. The maximum absolute atomic E-state index is 11.9. The molecule has 0 radical (unpaired) electrons. The SMILES string of the molecule is CCC(CC)COC(=O)c1cc(Cl)cc(Cl)c1N. The fourth-order valence-corrected chi connectivity index (χ4v) is 2.04. The van der Waals surface area contributed by atoms with Crippen LogP contribution in [0.25, 0.3) is 0 Å². The van der Waals surface area contributed by atoms with Crippen LogP contribution in [0.1, 0.15) is 37.0 Å². The molecule has 5 heteroatoms. The smallest absolute Gasteiger partial charge is 0.340 e. The molecule has 0 aromatic heterocycles. The summed E-state index contributed by atoms with van der Waals surface area (Å²) < 4.78 is 5.23. The summed E-state index contributed by atoms with van der Waals surface area (Å²) in [6, 6.07) is 2.97. The van der Waals surface area contributed by atoms with E-state index in [0.717, 1.165) is 12.8 Å². The number of nitrogens with two attached hydrogens (primary N) is 1. The number of hydrogen-bond acceptors (Lipinski definition) is 3. The van der Waals surface area contributed by atoms with E-state index in [0.29, 0.717) is 17.5 Å². The van der Waals surface area contributed by atoms with Gasteiger partial charge in [-0.1, -0.05) is 49.9 Å². The zero-order valence-electron chi connectivity index (χ0n) is 10.5. The van der Waals surface area contributed by atoms with Crippen molar-refractivity contribution in [3.05, 3.63) is 27.7 Å². The first-order valence-electron chi connectivity index (χ1n) is 5.91. The third-order valence-electron chi connectivity index (χ3n) is 2.92. The van der Waals surface area contributed by atoms with Crippen molar-refractivity contribution >= 4 is 34.9 Å². The van der Waals surface area contributed by atoms with Crippen molar-refractivity contribution in [2.75, 3.05) is 12.3 Å². The summed E-state index contributed by atoms with van der Waals surface area (Å²) in [4.78, 5) is 11.9. The highest BCUT2D eigenvalue weighted by molar-refractivity contribution is 6.37. The summed E-state index contributed by atoms with van der Waals surface area (Å²) >= 11 is 11.7. The van der Waals surface area contributed by atoms with Gasteiger partial charge in [0.15, 0.2) is 0 Å². The van der Waals surface area contributed by atoms with E-state index in [-0.39, 0.29) is 16.3 Å². The molecule has 0 saturated carbocycles. The molecule has 0 fully saturated rings. The van der Waals surface area contributed by atoms with Gasteiger partial charge in [0.25, 0.3) is 0 Å². The molecule has 0 saturated heterocycles. The topological polar surface area (TPSA) is 52.3 Å². The summed E-state index contributed by atoms with van der Waals surface area (Å²) in [6.07, 6.45) is 1.94. The minimum absolute atomic E-state index is 0.204. The van der Waals surface area contributed by atoms with Crippen LogP contribution in [0.4, 0.5) is 5.69 Å². The number of halogens is 2. The second-order valence-corrected chi connectivity index (χ2v) is 4.97. The van der Waals surface area contributed by atoms with Gasteiger partial charge in [0, 0.05) is 5.02 Å². The summed E-state index contributed by atoms with van der Waals surface area (Å²) in [7, 11) is 0. The van der Waals surface area contributed by atoms with Crippen LogP contribution in [0.15, 0.2) is 12.1 Å². The third kappa shape index (κ3) is 3.79. The Kier molecular flexibility index (Phi) is 5.76. The number of ether oxygens (including phenoxy) is 1. The molecule has 0 heterocycles. The Morgan fingerprint density at radius 3 is 2.50 bits per heavy atom. The number of esters is 1. The van der Waals surface area contributed by atoms with Gasteiger partial charge in [-0.05, 0) is 18.1 Å². The average molecular weight is 290 g/mol. The van der Waals surface area contributed by atoms with E-state index < -0.39 is 5.97 Å². The van der Waals surface area contributed by atoms with Gasteiger partial charge in [0.2, 0.25) is 0 Å². The van der Waals surface area contributed by atoms with Gasteiger partial charge < -0.3 is 10.5 Å². The normalized spacial score (nSPS) is 10.7. The van der Waals surface area contributed by atoms with E-state index in [1.54, 1.807) is 0 Å². The summed E-state index contributed by atoms with van der Waals surface area (Å²) in [5.41, 5.74) is 6.16. The zero-order chi connectivity index (χ0) is 13.7. The Balaban J connectivity index is 2.78. The first kappa shape index (κ1) is 15.1. The predicted molar refractivity (Wildman–Crippen MR) is 75.2 cm³/mol. The quantitative estimate of drug-likeness (QED) is 0.654. The van der Waals surface area contributed by atoms with Gasteiger partial charge in [0.1, 0.15) is 0 Å². The molecule has 0 spiro atoms. The van der Waals surface area contributed by atoms with Crippen molar-refractivity contribution in [2.24, 2.45) is 5.92 Å². The van der Waals surface area contributed by atoms with Crippen molar-refractivity contribution in [1.29, 1.82) is 0 Å². The van der Waals surface area contributed by atoms with Gasteiger partial charge in [-0.15, -0.1) is 0 Å². The zero-order valence-corrected chi connectivity index (χ0v) is 12.0. The van der Waals surface area contributed by atoms with Crippen LogP contribution >= 0.6 is 23.2 Å². The number of hydrogen-bond donors (Lipinski definition) is 1. The van der Waals surface area contributed by atoms with Crippen molar-refractivity contribution in [1.82, 2.24) is 0 Å². The van der Waals surface area contributed by atoms with E-state index >= 15 is 0 Å². The molecule has 1 aromatic carbocycles. The van der Waals surface area contributed by atoms with Gasteiger partial charge in [-0.2, -0.15) is 0 Å². The monoisotopic (exact) mass is 289 g/mol. The number of anilines is 1. The van der Waals surface area contributed by atoms with Gasteiger partial charge in [0.05, 0.1) is 22.9 Å². The number of carbonyl (C=O) groups excluding carboxylic acids is 1. The van der Waals surface area contributed by atoms with Crippen molar-refractivity contribution < 1.29 is 9.53 Å². The third-order valence-corrected chi connectivity index (χ3v) is 3.45. The molecular formula is C13H17Cl2NO2. The number of carbonyl (C=O) groups is 1. The molecule has 0 bridgehead atoms. The Labute approximate surface area is 117 Å². The van der Waals surface area contributed by atoms with Crippen molar-refractivity contribution in [3.63, 3.8) is 0 Å². The highest BCUT2D eigenvalue weighted by Crippen LogP contribution is 2.28. The Hall–Kier alpha value is -0.930. The van der Waals surface area contributed by atoms with Crippen LogP contribution in [0.5, 0.6) is 0 Å². The molecule has 0 amide bonds. The Morgan fingerprint density at radius 1 is 1.33 bits per heavy atom. The molecule has 2 N–H and O–H groups in total.